The Morgan fingerprint density at radius 2 is 1.75 bits per heavy atom. The Morgan fingerprint density at radius 1 is 1.15 bits per heavy atom. The van der Waals surface area contributed by atoms with Crippen molar-refractivity contribution in [3.05, 3.63) is 35.1 Å². The van der Waals surface area contributed by atoms with Gasteiger partial charge in [0.2, 0.25) is 0 Å². The van der Waals surface area contributed by atoms with Crippen LogP contribution in [0.5, 0.6) is 0 Å². The molecule has 0 unspecified atom stereocenters. The number of hydrogen-bond donors (Lipinski definition) is 2. The molecule has 1 saturated heterocycles. The van der Waals surface area contributed by atoms with Crippen LogP contribution in [0.25, 0.3) is 0 Å². The van der Waals surface area contributed by atoms with E-state index in [9.17, 15) is 13.2 Å². The van der Waals surface area contributed by atoms with Crippen LogP contribution in [0.1, 0.15) is 18.0 Å². The lowest BCUT2D eigenvalue weighted by Gasteiger charge is -2.35. The average Bonchev–Trinajstić information content (AvgIpc) is 2.43. The second kappa shape index (κ2) is 7.83. The second-order valence-electron chi connectivity index (χ2n) is 4.57. The van der Waals surface area contributed by atoms with Gasteiger partial charge in [-0.2, -0.15) is 0 Å². The molecule has 0 bridgehead atoms. The third-order valence-electron chi connectivity index (χ3n) is 3.41. The first-order valence-electron chi connectivity index (χ1n) is 6.34. The normalized spacial score (nSPS) is 17.6. The summed E-state index contributed by atoms with van der Waals surface area (Å²) >= 11 is 0. The minimum Gasteiger partial charge on any atom is -0.396 e. The van der Waals surface area contributed by atoms with E-state index < -0.39 is 23.5 Å². The zero-order chi connectivity index (χ0) is 13.8. The van der Waals surface area contributed by atoms with Crippen LogP contribution >= 0.6 is 12.4 Å². The van der Waals surface area contributed by atoms with Gasteiger partial charge in [-0.05, 0) is 18.6 Å². The van der Waals surface area contributed by atoms with E-state index in [-0.39, 0.29) is 31.0 Å². The number of aliphatic hydroxyl groups is 1. The Kier molecular flexibility index (Phi) is 6.75. The van der Waals surface area contributed by atoms with E-state index in [1.54, 1.807) is 0 Å². The van der Waals surface area contributed by atoms with Gasteiger partial charge in [0, 0.05) is 44.4 Å². The van der Waals surface area contributed by atoms with Gasteiger partial charge >= 0.3 is 0 Å². The molecule has 2 N–H and O–H groups in total. The SMILES string of the molecule is Cl.OCC[C@H](c1c(F)ccc(F)c1F)N1CCNCC1. The smallest absolute Gasteiger partial charge is 0.166 e. The molecule has 0 spiro atoms. The quantitative estimate of drug-likeness (QED) is 0.833. The van der Waals surface area contributed by atoms with Crippen LogP contribution in [-0.4, -0.2) is 42.8 Å². The predicted octanol–water partition coefficient (Wildman–Crippen LogP) is 1.85. The minimum absolute atomic E-state index is 0. The highest BCUT2D eigenvalue weighted by Crippen LogP contribution is 2.30. The van der Waals surface area contributed by atoms with Crippen LogP contribution in [0.3, 0.4) is 0 Å². The number of piperazine rings is 1. The predicted molar refractivity (Wildman–Crippen MR) is 72.5 cm³/mol. The largest absolute Gasteiger partial charge is 0.396 e. The molecule has 1 aromatic carbocycles. The fourth-order valence-corrected chi connectivity index (χ4v) is 2.47. The van der Waals surface area contributed by atoms with Crippen LogP contribution in [-0.2, 0) is 0 Å². The summed E-state index contributed by atoms with van der Waals surface area (Å²) in [6.07, 6.45) is 0.178. The summed E-state index contributed by atoms with van der Waals surface area (Å²) in [4.78, 5) is 1.87. The maximum absolute atomic E-state index is 13.9. The Balaban J connectivity index is 0.00000200. The van der Waals surface area contributed by atoms with Crippen LogP contribution in [0.2, 0.25) is 0 Å². The fraction of sp³-hybridized carbons (Fsp3) is 0.538. The standard InChI is InChI=1S/C13H17F3N2O.ClH/c14-9-1-2-10(15)13(16)12(9)11(3-8-19)18-6-4-17-5-7-18;/h1-2,11,17,19H,3-8H2;1H/t11-;/m1./s1. The number of benzene rings is 1. The molecule has 2 rings (SSSR count). The minimum atomic E-state index is -1.16. The van der Waals surface area contributed by atoms with Crippen molar-refractivity contribution in [2.45, 2.75) is 12.5 Å². The summed E-state index contributed by atoms with van der Waals surface area (Å²) in [6.45, 7) is 2.44. The van der Waals surface area contributed by atoms with E-state index in [4.69, 9.17) is 5.11 Å². The summed E-state index contributed by atoms with van der Waals surface area (Å²) in [5.41, 5.74) is -0.282. The molecule has 1 aliphatic rings. The van der Waals surface area contributed by atoms with E-state index in [1.165, 1.54) is 0 Å². The highest BCUT2D eigenvalue weighted by atomic mass is 35.5. The highest BCUT2D eigenvalue weighted by Gasteiger charge is 2.28. The lowest BCUT2D eigenvalue weighted by atomic mass is 10.00. The first kappa shape index (κ1) is 17.2. The third kappa shape index (κ3) is 3.63. The van der Waals surface area contributed by atoms with Crippen LogP contribution in [0.4, 0.5) is 13.2 Å². The maximum atomic E-state index is 13.9. The first-order chi connectivity index (χ1) is 9.15. The molecule has 1 heterocycles. The Morgan fingerprint density at radius 3 is 2.35 bits per heavy atom. The number of aliphatic hydroxyl groups excluding tert-OH is 1. The van der Waals surface area contributed by atoms with Crippen LogP contribution in [0, 0.1) is 17.5 Å². The topological polar surface area (TPSA) is 35.5 Å². The molecule has 114 valence electrons. The van der Waals surface area contributed by atoms with Crippen molar-refractivity contribution < 1.29 is 18.3 Å². The van der Waals surface area contributed by atoms with Gasteiger partial charge in [0.1, 0.15) is 5.82 Å². The third-order valence-corrected chi connectivity index (χ3v) is 3.41. The molecule has 0 radical (unpaired) electrons. The molecular weight excluding hydrogens is 293 g/mol. The van der Waals surface area contributed by atoms with Gasteiger partial charge in [-0.15, -0.1) is 12.4 Å². The molecule has 20 heavy (non-hydrogen) atoms. The van der Waals surface area contributed by atoms with Gasteiger partial charge in [0.25, 0.3) is 0 Å². The van der Waals surface area contributed by atoms with E-state index in [0.717, 1.165) is 12.1 Å². The summed E-state index contributed by atoms with van der Waals surface area (Å²) < 4.78 is 41.0. The van der Waals surface area contributed by atoms with Gasteiger partial charge < -0.3 is 10.4 Å². The monoisotopic (exact) mass is 310 g/mol. The number of nitrogens with zero attached hydrogens (tertiary/aromatic N) is 1. The van der Waals surface area contributed by atoms with Gasteiger partial charge in [-0.3, -0.25) is 4.90 Å². The summed E-state index contributed by atoms with van der Waals surface area (Å²) in [7, 11) is 0. The fourth-order valence-electron chi connectivity index (χ4n) is 2.47. The Bertz CT molecular complexity index is 442. The van der Waals surface area contributed by atoms with E-state index >= 15 is 0 Å². The second-order valence-corrected chi connectivity index (χ2v) is 4.57. The molecule has 1 fully saturated rings. The van der Waals surface area contributed by atoms with Gasteiger partial charge in [-0.25, -0.2) is 13.2 Å². The van der Waals surface area contributed by atoms with Gasteiger partial charge in [0.15, 0.2) is 11.6 Å². The molecule has 1 aromatic rings. The van der Waals surface area contributed by atoms with Crippen LogP contribution < -0.4 is 5.32 Å². The lowest BCUT2D eigenvalue weighted by molar-refractivity contribution is 0.135. The molecule has 0 aromatic heterocycles. The van der Waals surface area contributed by atoms with E-state index in [1.807, 2.05) is 4.90 Å². The van der Waals surface area contributed by atoms with Crippen molar-refractivity contribution in [1.82, 2.24) is 10.2 Å². The van der Waals surface area contributed by atoms with Crippen molar-refractivity contribution in [3.8, 4) is 0 Å². The zero-order valence-corrected chi connectivity index (χ0v) is 11.7. The molecule has 0 aliphatic carbocycles. The van der Waals surface area contributed by atoms with Crippen molar-refractivity contribution in [2.24, 2.45) is 0 Å². The zero-order valence-electron chi connectivity index (χ0n) is 10.9. The molecule has 0 saturated carbocycles. The number of nitrogens with one attached hydrogen (secondary N) is 1. The van der Waals surface area contributed by atoms with E-state index in [2.05, 4.69) is 5.32 Å². The maximum Gasteiger partial charge on any atom is 0.166 e. The van der Waals surface area contributed by atoms with E-state index in [0.29, 0.717) is 26.2 Å². The Labute approximate surface area is 122 Å². The van der Waals surface area contributed by atoms with Crippen molar-refractivity contribution in [3.63, 3.8) is 0 Å². The number of hydrogen-bond acceptors (Lipinski definition) is 3. The summed E-state index contributed by atoms with van der Waals surface area (Å²) in [5, 5.41) is 12.2. The van der Waals surface area contributed by atoms with Gasteiger partial charge in [-0.1, -0.05) is 0 Å². The summed E-state index contributed by atoms with van der Waals surface area (Å²) in [6, 6.07) is 1.07. The molecule has 0 amide bonds. The number of halogens is 4. The lowest BCUT2D eigenvalue weighted by Crippen LogP contribution is -2.45. The van der Waals surface area contributed by atoms with Crippen molar-refractivity contribution in [2.75, 3.05) is 32.8 Å². The average molecular weight is 311 g/mol. The summed E-state index contributed by atoms with van der Waals surface area (Å²) in [5.74, 6) is -2.98. The van der Waals surface area contributed by atoms with Crippen LogP contribution in [0.15, 0.2) is 12.1 Å². The Hall–Kier alpha value is -0.820. The van der Waals surface area contributed by atoms with Gasteiger partial charge in [0.05, 0.1) is 0 Å². The first-order valence-corrected chi connectivity index (χ1v) is 6.34. The highest BCUT2D eigenvalue weighted by molar-refractivity contribution is 5.85. The molecule has 1 aliphatic heterocycles. The molecule has 3 nitrogen and oxygen atoms in total. The van der Waals surface area contributed by atoms with Crippen molar-refractivity contribution >= 4 is 12.4 Å². The molecule has 7 heteroatoms. The van der Waals surface area contributed by atoms with Crippen molar-refractivity contribution in [1.29, 1.82) is 0 Å². The molecular formula is C13H18ClF3N2O. The number of rotatable bonds is 4. The molecule has 1 atom stereocenters.